The molecule has 4 nitrogen and oxygen atoms in total. The summed E-state index contributed by atoms with van der Waals surface area (Å²) >= 11 is 0. The molecule has 0 unspecified atom stereocenters. The molecule has 0 radical (unpaired) electrons. The highest BCUT2D eigenvalue weighted by atomic mass is 16.5. The van der Waals surface area contributed by atoms with Gasteiger partial charge in [-0.2, -0.15) is 0 Å². The van der Waals surface area contributed by atoms with Gasteiger partial charge in [-0.1, -0.05) is 60.7 Å². The van der Waals surface area contributed by atoms with Crippen molar-refractivity contribution in [3.63, 3.8) is 0 Å². The molecule has 150 valence electrons. The number of esters is 2. The number of fused-ring (bicyclic) bond motifs is 2. The van der Waals surface area contributed by atoms with Gasteiger partial charge in [-0.05, 0) is 59.4 Å². The molecule has 0 aromatic heterocycles. The van der Waals surface area contributed by atoms with E-state index in [1.807, 2.05) is 72.8 Å². The molecule has 0 bridgehead atoms. The van der Waals surface area contributed by atoms with Crippen molar-refractivity contribution in [1.82, 2.24) is 0 Å². The van der Waals surface area contributed by atoms with Crippen LogP contribution >= 0.6 is 0 Å². The van der Waals surface area contributed by atoms with E-state index in [2.05, 4.69) is 0 Å². The van der Waals surface area contributed by atoms with E-state index in [0.29, 0.717) is 24.3 Å². The van der Waals surface area contributed by atoms with Gasteiger partial charge in [0.15, 0.2) is 0 Å². The van der Waals surface area contributed by atoms with Crippen LogP contribution in [0.15, 0.2) is 72.8 Å². The van der Waals surface area contributed by atoms with Crippen LogP contribution in [0.4, 0.5) is 0 Å². The zero-order valence-corrected chi connectivity index (χ0v) is 17.0. The minimum Gasteiger partial charge on any atom is -0.462 e. The Hall–Kier alpha value is -3.66. The first-order chi connectivity index (χ1) is 14.7. The van der Waals surface area contributed by atoms with Gasteiger partial charge in [-0.3, -0.25) is 0 Å². The van der Waals surface area contributed by atoms with Crippen molar-refractivity contribution in [2.45, 2.75) is 13.8 Å². The second-order valence-electron chi connectivity index (χ2n) is 6.86. The SMILES string of the molecule is CCOC(=O)c1cc(-c2cc(C(=O)OCC)c3cccccc2-3)c2cccccc1-2. The third-order valence-corrected chi connectivity index (χ3v) is 5.10. The highest BCUT2D eigenvalue weighted by Crippen LogP contribution is 2.45. The highest BCUT2D eigenvalue weighted by Gasteiger charge is 2.27. The Morgan fingerprint density at radius 1 is 0.567 bits per heavy atom. The maximum Gasteiger partial charge on any atom is 0.338 e. The first-order valence-electron chi connectivity index (χ1n) is 10.0. The summed E-state index contributed by atoms with van der Waals surface area (Å²) in [5, 5.41) is 0. The molecule has 0 aromatic rings. The lowest BCUT2D eigenvalue weighted by Crippen LogP contribution is -2.03. The molecule has 0 spiro atoms. The zero-order chi connectivity index (χ0) is 21.1. The summed E-state index contributed by atoms with van der Waals surface area (Å²) in [4.78, 5) is 25.2. The second-order valence-corrected chi connectivity index (χ2v) is 6.86. The van der Waals surface area contributed by atoms with E-state index >= 15 is 0 Å². The number of rotatable bonds is 5. The molecule has 4 heteroatoms. The highest BCUT2D eigenvalue weighted by molar-refractivity contribution is 6.09. The van der Waals surface area contributed by atoms with Gasteiger partial charge >= 0.3 is 11.9 Å². The van der Waals surface area contributed by atoms with Crippen molar-refractivity contribution in [2.24, 2.45) is 0 Å². The van der Waals surface area contributed by atoms with E-state index in [0.717, 1.165) is 33.4 Å². The van der Waals surface area contributed by atoms with Crippen LogP contribution in [0, 0.1) is 0 Å². The Labute approximate surface area is 175 Å². The van der Waals surface area contributed by atoms with Crippen LogP contribution < -0.4 is 0 Å². The smallest absolute Gasteiger partial charge is 0.338 e. The molecule has 0 saturated heterocycles. The van der Waals surface area contributed by atoms with Gasteiger partial charge in [0.05, 0.1) is 24.3 Å². The van der Waals surface area contributed by atoms with Gasteiger partial charge in [0.2, 0.25) is 0 Å². The summed E-state index contributed by atoms with van der Waals surface area (Å²) in [5.74, 6) is -0.709. The average molecular weight is 398 g/mol. The fourth-order valence-electron chi connectivity index (χ4n) is 3.83. The lowest BCUT2D eigenvalue weighted by Gasteiger charge is -2.04. The van der Waals surface area contributed by atoms with Gasteiger partial charge < -0.3 is 9.47 Å². The number of hydrogen-bond donors (Lipinski definition) is 0. The van der Waals surface area contributed by atoms with Crippen LogP contribution in [0.25, 0.3) is 33.4 Å². The largest absolute Gasteiger partial charge is 0.462 e. The predicted octanol–water partition coefficient (Wildman–Crippen LogP) is 5.92. The van der Waals surface area contributed by atoms with Gasteiger partial charge in [0.25, 0.3) is 0 Å². The van der Waals surface area contributed by atoms with Gasteiger partial charge in [0, 0.05) is 0 Å². The maximum atomic E-state index is 12.6. The molecule has 4 aliphatic carbocycles. The minimum absolute atomic E-state index is 0.307. The summed E-state index contributed by atoms with van der Waals surface area (Å²) < 4.78 is 10.6. The van der Waals surface area contributed by atoms with E-state index in [1.165, 1.54) is 0 Å². The summed E-state index contributed by atoms with van der Waals surface area (Å²) in [5.41, 5.74) is 6.30. The third kappa shape index (κ3) is 3.41. The van der Waals surface area contributed by atoms with Crippen molar-refractivity contribution in [3.8, 4) is 33.4 Å². The van der Waals surface area contributed by atoms with Crippen LogP contribution in [0.3, 0.4) is 0 Å². The number of ether oxygens (including phenoxy) is 2. The molecule has 4 aliphatic rings. The van der Waals surface area contributed by atoms with E-state index in [4.69, 9.17) is 9.47 Å². The quantitative estimate of drug-likeness (QED) is 0.392. The minimum atomic E-state index is -0.355. The summed E-state index contributed by atoms with van der Waals surface area (Å²) in [6.07, 6.45) is 0. The van der Waals surface area contributed by atoms with E-state index < -0.39 is 0 Å². The van der Waals surface area contributed by atoms with Gasteiger partial charge in [-0.25, -0.2) is 9.59 Å². The summed E-state index contributed by atoms with van der Waals surface area (Å²) in [6.45, 7) is 4.20. The van der Waals surface area contributed by atoms with E-state index in [1.54, 1.807) is 13.8 Å². The monoisotopic (exact) mass is 398 g/mol. The number of carbonyl (C=O) groups excluding carboxylic acids is 2. The van der Waals surface area contributed by atoms with Crippen molar-refractivity contribution in [2.75, 3.05) is 13.2 Å². The number of hydrogen-bond acceptors (Lipinski definition) is 4. The maximum absolute atomic E-state index is 12.6. The molecule has 4 rings (SSSR count). The van der Waals surface area contributed by atoms with E-state index in [-0.39, 0.29) is 11.9 Å². The molecule has 0 aliphatic heterocycles. The molecule has 0 saturated carbocycles. The number of carbonyl (C=O) groups is 2. The van der Waals surface area contributed by atoms with Crippen LogP contribution in [0.5, 0.6) is 0 Å². The van der Waals surface area contributed by atoms with E-state index in [9.17, 15) is 9.59 Å². The average Bonchev–Trinajstić information content (AvgIpc) is 3.03. The second kappa shape index (κ2) is 8.37. The first-order valence-corrected chi connectivity index (χ1v) is 10.0. The Balaban J connectivity index is 1.98. The first kappa shape index (κ1) is 19.6. The normalized spacial score (nSPS) is 10.9. The molecular weight excluding hydrogens is 376 g/mol. The van der Waals surface area contributed by atoms with Crippen molar-refractivity contribution >= 4 is 11.9 Å². The fraction of sp³-hybridized carbons (Fsp3) is 0.154. The molecule has 30 heavy (non-hydrogen) atoms. The van der Waals surface area contributed by atoms with Crippen LogP contribution in [0.2, 0.25) is 0 Å². The van der Waals surface area contributed by atoms with Crippen molar-refractivity contribution < 1.29 is 19.1 Å². The molecular formula is C26H22O4. The van der Waals surface area contributed by atoms with Gasteiger partial charge in [0.1, 0.15) is 0 Å². The van der Waals surface area contributed by atoms with Crippen LogP contribution in [-0.2, 0) is 9.47 Å². The molecule has 0 heterocycles. The molecule has 0 N–H and O–H groups in total. The van der Waals surface area contributed by atoms with Crippen molar-refractivity contribution in [1.29, 1.82) is 0 Å². The summed E-state index contributed by atoms with van der Waals surface area (Å²) in [6, 6.07) is 23.1. The molecule has 0 fully saturated rings. The Kier molecular flexibility index (Phi) is 5.48. The van der Waals surface area contributed by atoms with Crippen LogP contribution in [0.1, 0.15) is 34.6 Å². The van der Waals surface area contributed by atoms with Crippen molar-refractivity contribution in [3.05, 3.63) is 83.9 Å². The van der Waals surface area contributed by atoms with Crippen LogP contribution in [-0.4, -0.2) is 25.2 Å². The predicted molar refractivity (Wildman–Crippen MR) is 117 cm³/mol. The Morgan fingerprint density at radius 3 is 1.30 bits per heavy atom. The molecule has 0 amide bonds. The molecule has 0 aromatic carbocycles. The van der Waals surface area contributed by atoms with Gasteiger partial charge in [-0.15, -0.1) is 0 Å². The Bertz CT molecular complexity index is 1070. The fourth-order valence-corrected chi connectivity index (χ4v) is 3.83. The topological polar surface area (TPSA) is 52.6 Å². The Morgan fingerprint density at radius 2 is 0.933 bits per heavy atom. The summed E-state index contributed by atoms with van der Waals surface area (Å²) in [7, 11) is 0. The zero-order valence-electron chi connectivity index (χ0n) is 17.0. The lowest BCUT2D eigenvalue weighted by atomic mass is 10.00. The lowest BCUT2D eigenvalue weighted by molar-refractivity contribution is 0.0518. The standard InChI is InChI=1S/C26H22O4/c1-3-29-25(27)23-15-21(17-11-7-5-9-13-19(17)23)22-16-24(26(28)30-4-2)20-14-10-6-8-12-18(20)22/h5-16H,3-4H2,1-2H3. The third-order valence-electron chi connectivity index (χ3n) is 5.10. The molecule has 0 atom stereocenters.